The van der Waals surface area contributed by atoms with Crippen LogP contribution < -0.4 is 10.7 Å². The zero-order valence-electron chi connectivity index (χ0n) is 16.1. The highest BCUT2D eigenvalue weighted by atomic mass is 19.1. The molecule has 0 saturated carbocycles. The van der Waals surface area contributed by atoms with E-state index in [4.69, 9.17) is 0 Å². The molecule has 152 valence electrons. The second-order valence-corrected chi connectivity index (χ2v) is 7.61. The highest BCUT2D eigenvalue weighted by molar-refractivity contribution is 5.99. The Balaban J connectivity index is 1.67. The van der Waals surface area contributed by atoms with Gasteiger partial charge in [-0.05, 0) is 31.7 Å². The molecule has 2 aliphatic rings. The summed E-state index contributed by atoms with van der Waals surface area (Å²) in [5.41, 5.74) is -0.458. The van der Waals surface area contributed by atoms with Gasteiger partial charge in [-0.25, -0.2) is 4.39 Å². The van der Waals surface area contributed by atoms with Crippen LogP contribution in [0.3, 0.4) is 0 Å². The van der Waals surface area contributed by atoms with E-state index in [0.29, 0.717) is 24.2 Å². The van der Waals surface area contributed by atoms with Crippen molar-refractivity contribution in [3.05, 3.63) is 62.8 Å². The fraction of sp³-hybridized carbons (Fsp3) is 0.381. The van der Waals surface area contributed by atoms with Crippen molar-refractivity contribution < 1.29 is 19.1 Å². The second kappa shape index (κ2) is 7.35. The largest absolute Gasteiger partial charge is 0.503 e. The first-order valence-corrected chi connectivity index (χ1v) is 9.68. The van der Waals surface area contributed by atoms with Crippen molar-refractivity contribution in [1.29, 1.82) is 0 Å². The molecule has 0 spiro atoms. The zero-order valence-corrected chi connectivity index (χ0v) is 16.1. The Morgan fingerprint density at radius 1 is 1.31 bits per heavy atom. The van der Waals surface area contributed by atoms with E-state index in [0.717, 1.165) is 19.3 Å². The van der Waals surface area contributed by atoms with Crippen LogP contribution in [0.25, 0.3) is 0 Å². The second-order valence-electron chi connectivity index (χ2n) is 7.61. The minimum Gasteiger partial charge on any atom is -0.503 e. The number of fused-ring (bicyclic) bond motifs is 4. The number of benzene rings is 1. The number of hydrogen-bond acceptors (Lipinski definition) is 4. The van der Waals surface area contributed by atoms with E-state index in [2.05, 4.69) is 5.32 Å². The number of halogens is 1. The van der Waals surface area contributed by atoms with Gasteiger partial charge in [0.05, 0.1) is 6.04 Å². The molecule has 2 amide bonds. The molecule has 0 radical (unpaired) electrons. The van der Waals surface area contributed by atoms with E-state index < -0.39 is 28.8 Å². The molecule has 7 nitrogen and oxygen atoms in total. The third-order valence-corrected chi connectivity index (χ3v) is 5.70. The molecular weight excluding hydrogens is 377 g/mol. The molecule has 2 N–H and O–H groups in total. The average molecular weight is 399 g/mol. The summed E-state index contributed by atoms with van der Waals surface area (Å²) in [7, 11) is 0. The Morgan fingerprint density at radius 3 is 2.90 bits per heavy atom. The predicted molar refractivity (Wildman–Crippen MR) is 103 cm³/mol. The summed E-state index contributed by atoms with van der Waals surface area (Å²) in [6.45, 7) is 2.61. The minimum atomic E-state index is -0.897. The van der Waals surface area contributed by atoms with Gasteiger partial charge in [0, 0.05) is 31.4 Å². The van der Waals surface area contributed by atoms with Gasteiger partial charge >= 0.3 is 0 Å². The maximum atomic E-state index is 14.1. The molecule has 2 aliphatic heterocycles. The SMILES string of the molecule is Cc1cccc(CNC(=O)c2cn3c(c(O)c2=O)C(=O)N2CCCC[C@H]3C2)c1F. The summed E-state index contributed by atoms with van der Waals surface area (Å²) in [6, 6.07) is 4.76. The van der Waals surface area contributed by atoms with Crippen molar-refractivity contribution in [3.63, 3.8) is 0 Å². The molecule has 3 heterocycles. The summed E-state index contributed by atoms with van der Waals surface area (Å²) in [4.78, 5) is 39.6. The lowest BCUT2D eigenvalue weighted by Crippen LogP contribution is -2.44. The first-order chi connectivity index (χ1) is 13.9. The maximum absolute atomic E-state index is 14.1. The molecule has 2 aromatic rings. The lowest BCUT2D eigenvalue weighted by molar-refractivity contribution is 0.0677. The number of pyridine rings is 1. The smallest absolute Gasteiger partial charge is 0.274 e. The van der Waals surface area contributed by atoms with Crippen molar-refractivity contribution in [1.82, 2.24) is 14.8 Å². The van der Waals surface area contributed by atoms with Gasteiger partial charge in [-0.2, -0.15) is 0 Å². The lowest BCUT2D eigenvalue weighted by atomic mass is 10.1. The van der Waals surface area contributed by atoms with Crippen molar-refractivity contribution in [2.75, 3.05) is 13.1 Å². The van der Waals surface area contributed by atoms with E-state index in [9.17, 15) is 23.9 Å². The molecule has 0 aliphatic carbocycles. The Morgan fingerprint density at radius 2 is 2.10 bits per heavy atom. The van der Waals surface area contributed by atoms with Gasteiger partial charge in [0.15, 0.2) is 11.4 Å². The van der Waals surface area contributed by atoms with Gasteiger partial charge in [-0.1, -0.05) is 18.2 Å². The van der Waals surface area contributed by atoms with Crippen LogP contribution in [0.15, 0.2) is 29.2 Å². The highest BCUT2D eigenvalue weighted by Gasteiger charge is 2.36. The Bertz CT molecular complexity index is 1060. The van der Waals surface area contributed by atoms with Crippen LogP contribution in [0.1, 0.15) is 57.3 Å². The van der Waals surface area contributed by atoms with Gasteiger partial charge in [-0.3, -0.25) is 14.4 Å². The fourth-order valence-corrected chi connectivity index (χ4v) is 4.08. The monoisotopic (exact) mass is 399 g/mol. The van der Waals surface area contributed by atoms with Gasteiger partial charge in [-0.15, -0.1) is 0 Å². The summed E-state index contributed by atoms with van der Waals surface area (Å²) in [6.07, 6.45) is 3.91. The Labute approximate surface area is 166 Å². The van der Waals surface area contributed by atoms with E-state index in [1.165, 1.54) is 6.20 Å². The van der Waals surface area contributed by atoms with Crippen LogP contribution in [0, 0.1) is 12.7 Å². The normalized spacial score (nSPS) is 18.2. The molecule has 1 aromatic carbocycles. The van der Waals surface area contributed by atoms with Crippen molar-refractivity contribution in [2.45, 2.75) is 38.8 Å². The molecule has 4 rings (SSSR count). The topological polar surface area (TPSA) is 91.6 Å². The van der Waals surface area contributed by atoms with E-state index in [-0.39, 0.29) is 23.8 Å². The number of rotatable bonds is 3. The van der Waals surface area contributed by atoms with Crippen molar-refractivity contribution >= 4 is 11.8 Å². The van der Waals surface area contributed by atoms with Gasteiger partial charge in [0.1, 0.15) is 11.4 Å². The predicted octanol–water partition coefficient (Wildman–Crippen LogP) is 2.11. The molecular formula is C21H22FN3O4. The Kier molecular flexibility index (Phi) is 4.86. The molecule has 29 heavy (non-hydrogen) atoms. The van der Waals surface area contributed by atoms with Crippen LogP contribution in [-0.4, -0.2) is 39.5 Å². The lowest BCUT2D eigenvalue weighted by Gasteiger charge is -2.34. The van der Waals surface area contributed by atoms with Crippen molar-refractivity contribution in [3.8, 4) is 5.75 Å². The summed E-state index contributed by atoms with van der Waals surface area (Å²) < 4.78 is 15.7. The number of nitrogens with one attached hydrogen (secondary N) is 1. The molecule has 8 heteroatoms. The van der Waals surface area contributed by atoms with Crippen LogP contribution in [0.4, 0.5) is 4.39 Å². The van der Waals surface area contributed by atoms with E-state index in [1.54, 1.807) is 34.6 Å². The molecule has 1 fully saturated rings. The minimum absolute atomic E-state index is 0.0607. The number of nitrogens with zero attached hydrogens (tertiary/aromatic N) is 2. The van der Waals surface area contributed by atoms with Gasteiger partial charge in [0.25, 0.3) is 11.8 Å². The van der Waals surface area contributed by atoms with E-state index in [1.807, 2.05) is 0 Å². The number of carbonyl (C=O) groups is 2. The molecule has 2 bridgehead atoms. The molecule has 1 atom stereocenters. The van der Waals surface area contributed by atoms with Crippen LogP contribution in [0.2, 0.25) is 0 Å². The quantitative estimate of drug-likeness (QED) is 0.827. The standard InChI is InChI=1S/C21H22FN3O4/c1-12-5-4-6-13(16(12)22)9-23-20(28)15-11-25-14-7-2-3-8-24(10-14)21(29)17(25)19(27)18(15)26/h4-6,11,14,27H,2-3,7-10H2,1H3,(H,23,28)/t14-/m0/s1. The third kappa shape index (κ3) is 3.28. The first-order valence-electron chi connectivity index (χ1n) is 9.68. The fourth-order valence-electron chi connectivity index (χ4n) is 4.08. The highest BCUT2D eigenvalue weighted by Crippen LogP contribution is 2.31. The summed E-state index contributed by atoms with van der Waals surface area (Å²) in [5.74, 6) is -2.24. The number of aromatic nitrogens is 1. The van der Waals surface area contributed by atoms with Crippen molar-refractivity contribution in [2.24, 2.45) is 0 Å². The van der Waals surface area contributed by atoms with Crippen LogP contribution in [0.5, 0.6) is 5.75 Å². The number of aryl methyl sites for hydroxylation is 1. The summed E-state index contributed by atoms with van der Waals surface area (Å²) in [5, 5.41) is 13.0. The van der Waals surface area contributed by atoms with Crippen LogP contribution >= 0.6 is 0 Å². The number of hydrogen-bond donors (Lipinski definition) is 2. The van der Waals surface area contributed by atoms with Crippen LogP contribution in [-0.2, 0) is 6.54 Å². The number of carbonyl (C=O) groups excluding carboxylic acids is 2. The average Bonchev–Trinajstić information content (AvgIpc) is 2.93. The molecule has 1 saturated heterocycles. The third-order valence-electron chi connectivity index (χ3n) is 5.70. The summed E-state index contributed by atoms with van der Waals surface area (Å²) >= 11 is 0. The van der Waals surface area contributed by atoms with Gasteiger partial charge in [0.2, 0.25) is 5.43 Å². The van der Waals surface area contributed by atoms with E-state index >= 15 is 0 Å². The first kappa shape index (κ1) is 19.2. The Hall–Kier alpha value is -3.16. The molecule has 1 aromatic heterocycles. The molecule has 0 unspecified atom stereocenters. The zero-order chi connectivity index (χ0) is 20.7. The maximum Gasteiger partial charge on any atom is 0.274 e. The van der Waals surface area contributed by atoms with Gasteiger partial charge < -0.3 is 19.9 Å². The number of aromatic hydroxyl groups is 1. The number of amides is 2.